The van der Waals surface area contributed by atoms with Crippen LogP contribution in [0.3, 0.4) is 0 Å². The first-order valence-electron chi connectivity index (χ1n) is 10.0. The summed E-state index contributed by atoms with van der Waals surface area (Å²) in [5.41, 5.74) is 3.28. The Morgan fingerprint density at radius 3 is 1.63 bits per heavy atom. The van der Waals surface area contributed by atoms with Gasteiger partial charge in [0.15, 0.2) is 0 Å². The number of carbonyl (C=O) groups excluding carboxylic acids is 1. The monoisotopic (exact) mass is 412 g/mol. The molecule has 0 unspecified atom stereocenters. The Hall–Kier alpha value is -3.21. The first kappa shape index (κ1) is 20.1. The number of hydrogen-bond donors (Lipinski definition) is 2. The lowest BCUT2D eigenvalue weighted by molar-refractivity contribution is -0.120. The summed E-state index contributed by atoms with van der Waals surface area (Å²) in [6, 6.07) is 34.3. The van der Waals surface area contributed by atoms with E-state index in [4.69, 9.17) is 0 Å². The van der Waals surface area contributed by atoms with Crippen LogP contribution >= 0.6 is 11.3 Å². The van der Waals surface area contributed by atoms with Gasteiger partial charge in [0.25, 0.3) is 0 Å². The minimum absolute atomic E-state index is 0.0103. The summed E-state index contributed by atoms with van der Waals surface area (Å²) in [6.07, 6.45) is 0. The molecular weight excluding hydrogens is 388 g/mol. The van der Waals surface area contributed by atoms with Crippen molar-refractivity contribution in [2.24, 2.45) is 0 Å². The van der Waals surface area contributed by atoms with Crippen LogP contribution in [0.15, 0.2) is 109 Å². The second-order valence-electron chi connectivity index (χ2n) is 7.06. The van der Waals surface area contributed by atoms with Gasteiger partial charge in [-0.2, -0.15) is 0 Å². The molecule has 150 valence electrons. The zero-order valence-corrected chi connectivity index (χ0v) is 17.4. The zero-order chi connectivity index (χ0) is 20.6. The lowest BCUT2D eigenvalue weighted by atomic mass is 9.98. The van der Waals surface area contributed by atoms with Gasteiger partial charge in [-0.15, -0.1) is 11.3 Å². The number of nitrogens with one attached hydrogen (secondary N) is 2. The summed E-state index contributed by atoms with van der Waals surface area (Å²) in [6.45, 7) is 0.230. The SMILES string of the molecule is O=C(CN[C@@H](c1ccccc1)c1cccs1)NC(c1ccccc1)c1ccccc1. The highest BCUT2D eigenvalue weighted by molar-refractivity contribution is 7.10. The quantitative estimate of drug-likeness (QED) is 0.410. The third-order valence-electron chi connectivity index (χ3n) is 5.00. The smallest absolute Gasteiger partial charge is 0.234 e. The fraction of sp³-hybridized carbons (Fsp3) is 0.115. The maximum Gasteiger partial charge on any atom is 0.234 e. The Kier molecular flexibility index (Phi) is 6.70. The molecular formula is C26H24N2OS. The van der Waals surface area contributed by atoms with Crippen LogP contribution in [0.25, 0.3) is 0 Å². The van der Waals surface area contributed by atoms with Gasteiger partial charge >= 0.3 is 0 Å². The van der Waals surface area contributed by atoms with Crippen LogP contribution in [0, 0.1) is 0 Å². The normalized spacial score (nSPS) is 11.9. The van der Waals surface area contributed by atoms with Gasteiger partial charge in [0.05, 0.1) is 18.6 Å². The molecule has 3 nitrogen and oxygen atoms in total. The largest absolute Gasteiger partial charge is 0.344 e. The summed E-state index contributed by atoms with van der Waals surface area (Å²) in [5, 5.41) is 8.71. The van der Waals surface area contributed by atoms with Crippen molar-refractivity contribution in [1.82, 2.24) is 10.6 Å². The molecule has 1 aromatic heterocycles. The molecule has 2 N–H and O–H groups in total. The first-order chi connectivity index (χ1) is 14.8. The molecule has 4 rings (SSSR count). The van der Waals surface area contributed by atoms with Crippen LogP contribution in [0.5, 0.6) is 0 Å². The van der Waals surface area contributed by atoms with Crippen molar-refractivity contribution in [3.8, 4) is 0 Å². The first-order valence-corrected chi connectivity index (χ1v) is 10.9. The van der Waals surface area contributed by atoms with E-state index in [-0.39, 0.29) is 24.5 Å². The van der Waals surface area contributed by atoms with E-state index in [1.807, 2.05) is 84.9 Å². The molecule has 0 radical (unpaired) electrons. The molecule has 0 bridgehead atoms. The van der Waals surface area contributed by atoms with Gasteiger partial charge in [-0.05, 0) is 28.1 Å². The second-order valence-corrected chi connectivity index (χ2v) is 8.04. The van der Waals surface area contributed by atoms with Crippen molar-refractivity contribution in [2.45, 2.75) is 12.1 Å². The van der Waals surface area contributed by atoms with E-state index >= 15 is 0 Å². The number of rotatable bonds is 8. The van der Waals surface area contributed by atoms with Crippen molar-refractivity contribution in [1.29, 1.82) is 0 Å². The number of thiophene rings is 1. The molecule has 1 amide bonds. The summed E-state index contributed by atoms with van der Waals surface area (Å²) < 4.78 is 0. The maximum absolute atomic E-state index is 12.9. The molecule has 0 aliphatic carbocycles. The van der Waals surface area contributed by atoms with E-state index in [1.165, 1.54) is 4.88 Å². The molecule has 0 spiro atoms. The Bertz CT molecular complexity index is 995. The number of benzene rings is 3. The number of hydrogen-bond acceptors (Lipinski definition) is 3. The van der Waals surface area contributed by atoms with E-state index in [0.29, 0.717) is 0 Å². The topological polar surface area (TPSA) is 41.1 Å². The maximum atomic E-state index is 12.9. The Morgan fingerprint density at radius 2 is 1.17 bits per heavy atom. The second kappa shape index (κ2) is 10.0. The van der Waals surface area contributed by atoms with E-state index < -0.39 is 0 Å². The average molecular weight is 413 g/mol. The lowest BCUT2D eigenvalue weighted by Crippen LogP contribution is -2.38. The average Bonchev–Trinajstić information content (AvgIpc) is 3.34. The third kappa shape index (κ3) is 5.03. The minimum Gasteiger partial charge on any atom is -0.344 e. The lowest BCUT2D eigenvalue weighted by Gasteiger charge is -2.22. The van der Waals surface area contributed by atoms with Crippen LogP contribution in [0.4, 0.5) is 0 Å². The van der Waals surface area contributed by atoms with Crippen molar-refractivity contribution in [3.05, 3.63) is 130 Å². The Balaban J connectivity index is 1.49. The molecule has 30 heavy (non-hydrogen) atoms. The van der Waals surface area contributed by atoms with E-state index in [1.54, 1.807) is 11.3 Å². The molecule has 4 heteroatoms. The summed E-state index contributed by atoms with van der Waals surface area (Å²) >= 11 is 1.69. The van der Waals surface area contributed by atoms with Crippen molar-refractivity contribution < 1.29 is 4.79 Å². The zero-order valence-electron chi connectivity index (χ0n) is 16.6. The van der Waals surface area contributed by atoms with Crippen LogP contribution in [0.1, 0.15) is 33.7 Å². The Labute approximate surface area is 181 Å². The standard InChI is InChI=1S/C26H24N2OS/c29-24(19-27-26(23-17-10-18-30-23)22-15-8-3-9-16-22)28-25(20-11-4-1-5-12-20)21-13-6-2-7-14-21/h1-18,25-27H,19H2,(H,28,29)/t26-/m0/s1. The van der Waals surface area contributed by atoms with Gasteiger partial charge in [0, 0.05) is 4.88 Å². The molecule has 4 aromatic rings. The van der Waals surface area contributed by atoms with Crippen molar-refractivity contribution >= 4 is 17.2 Å². The van der Waals surface area contributed by atoms with E-state index in [0.717, 1.165) is 16.7 Å². The van der Waals surface area contributed by atoms with Gasteiger partial charge < -0.3 is 5.32 Å². The molecule has 0 saturated carbocycles. The predicted octanol–water partition coefficient (Wildman–Crippen LogP) is 5.33. The van der Waals surface area contributed by atoms with Crippen LogP contribution in [-0.2, 0) is 4.79 Å². The van der Waals surface area contributed by atoms with Gasteiger partial charge in [0.1, 0.15) is 0 Å². The molecule has 0 aliphatic heterocycles. The highest BCUT2D eigenvalue weighted by Gasteiger charge is 2.19. The third-order valence-corrected chi connectivity index (χ3v) is 5.94. The molecule has 1 heterocycles. The molecule has 0 saturated heterocycles. The number of carbonyl (C=O) groups is 1. The molecule has 0 fully saturated rings. The van der Waals surface area contributed by atoms with Gasteiger partial charge in [-0.3, -0.25) is 10.1 Å². The van der Waals surface area contributed by atoms with Crippen molar-refractivity contribution in [3.63, 3.8) is 0 Å². The highest BCUT2D eigenvalue weighted by atomic mass is 32.1. The van der Waals surface area contributed by atoms with Gasteiger partial charge in [-0.1, -0.05) is 97.1 Å². The van der Waals surface area contributed by atoms with E-state index in [2.05, 4.69) is 34.2 Å². The highest BCUT2D eigenvalue weighted by Crippen LogP contribution is 2.26. The molecule has 1 atom stereocenters. The van der Waals surface area contributed by atoms with Gasteiger partial charge in [0.2, 0.25) is 5.91 Å². The predicted molar refractivity (Wildman–Crippen MR) is 123 cm³/mol. The summed E-state index contributed by atoms with van der Waals surface area (Å²) in [4.78, 5) is 14.1. The summed E-state index contributed by atoms with van der Waals surface area (Å²) in [5.74, 6) is -0.0369. The van der Waals surface area contributed by atoms with Crippen LogP contribution in [-0.4, -0.2) is 12.5 Å². The van der Waals surface area contributed by atoms with Crippen molar-refractivity contribution in [2.75, 3.05) is 6.54 Å². The van der Waals surface area contributed by atoms with Crippen LogP contribution < -0.4 is 10.6 Å². The fourth-order valence-corrected chi connectivity index (χ4v) is 4.37. The Morgan fingerprint density at radius 1 is 0.667 bits per heavy atom. The minimum atomic E-state index is -0.182. The van der Waals surface area contributed by atoms with Crippen LogP contribution in [0.2, 0.25) is 0 Å². The fourth-order valence-electron chi connectivity index (χ4n) is 3.54. The summed E-state index contributed by atoms with van der Waals surface area (Å²) in [7, 11) is 0. The number of amides is 1. The molecule has 3 aromatic carbocycles. The molecule has 0 aliphatic rings. The van der Waals surface area contributed by atoms with Gasteiger partial charge in [-0.25, -0.2) is 0 Å². The van der Waals surface area contributed by atoms with E-state index in [9.17, 15) is 4.79 Å².